The molecule has 0 unspecified atom stereocenters. The second kappa shape index (κ2) is 5.69. The van der Waals surface area contributed by atoms with Gasteiger partial charge in [-0.15, -0.1) is 0 Å². The van der Waals surface area contributed by atoms with Crippen molar-refractivity contribution in [1.29, 1.82) is 0 Å². The fraction of sp³-hybridized carbons (Fsp3) is 0.250. The van der Waals surface area contributed by atoms with E-state index in [4.69, 9.17) is 23.2 Å². The van der Waals surface area contributed by atoms with E-state index in [0.29, 0.717) is 10.0 Å². The summed E-state index contributed by atoms with van der Waals surface area (Å²) in [4.78, 5) is 0. The highest BCUT2D eigenvalue weighted by molar-refractivity contribution is 9.10. The highest BCUT2D eigenvalue weighted by Crippen LogP contribution is 2.34. The van der Waals surface area contributed by atoms with Crippen LogP contribution in [0.2, 0.25) is 10.0 Å². The van der Waals surface area contributed by atoms with Gasteiger partial charge in [0.15, 0.2) is 0 Å². The van der Waals surface area contributed by atoms with Crippen molar-refractivity contribution in [2.24, 2.45) is 0 Å². The smallest absolute Gasteiger partial charge is 0.0595 e. The molecule has 0 atom stereocenters. The van der Waals surface area contributed by atoms with E-state index in [-0.39, 0.29) is 5.41 Å². The Hall–Kier alpha value is -0.540. The molecular formula is C16H14BrCl2N. The summed E-state index contributed by atoms with van der Waals surface area (Å²) in [6.45, 7) is 1.99. The largest absolute Gasteiger partial charge is 0.315 e. The third-order valence-electron chi connectivity index (χ3n) is 3.91. The van der Waals surface area contributed by atoms with Crippen LogP contribution >= 0.6 is 39.1 Å². The van der Waals surface area contributed by atoms with Crippen LogP contribution in [-0.2, 0) is 11.8 Å². The molecule has 0 spiro atoms. The van der Waals surface area contributed by atoms with Crippen molar-refractivity contribution in [3.05, 3.63) is 68.1 Å². The summed E-state index contributed by atoms with van der Waals surface area (Å²) < 4.78 is 1.11. The number of halogens is 3. The molecule has 0 saturated carbocycles. The van der Waals surface area contributed by atoms with E-state index in [2.05, 4.69) is 51.6 Å². The Morgan fingerprint density at radius 3 is 2.25 bits per heavy atom. The van der Waals surface area contributed by atoms with E-state index >= 15 is 0 Å². The Morgan fingerprint density at radius 2 is 1.70 bits per heavy atom. The summed E-state index contributed by atoms with van der Waals surface area (Å²) in [6.07, 6.45) is 0.971. The monoisotopic (exact) mass is 369 g/mol. The van der Waals surface area contributed by atoms with Crippen molar-refractivity contribution in [1.82, 2.24) is 5.32 Å². The SMILES string of the molecule is Clc1ccc(CC2(c3ccc(Br)cc3)CNC2)cc1Cl. The van der Waals surface area contributed by atoms with Crippen molar-refractivity contribution in [3.8, 4) is 0 Å². The standard InChI is InChI=1S/C16H14BrCl2N/c17-13-4-2-12(3-5-13)16(9-20-10-16)8-11-1-6-14(18)15(19)7-11/h1-7,20H,8-10H2. The maximum atomic E-state index is 6.12. The highest BCUT2D eigenvalue weighted by atomic mass is 79.9. The van der Waals surface area contributed by atoms with Crippen LogP contribution in [0.1, 0.15) is 11.1 Å². The molecule has 3 rings (SSSR count). The molecule has 4 heteroatoms. The van der Waals surface area contributed by atoms with Crippen LogP contribution in [0.4, 0.5) is 0 Å². The molecule has 0 aliphatic carbocycles. The Morgan fingerprint density at radius 1 is 1.00 bits per heavy atom. The summed E-state index contributed by atoms with van der Waals surface area (Å²) in [7, 11) is 0. The minimum Gasteiger partial charge on any atom is -0.315 e. The van der Waals surface area contributed by atoms with Crippen molar-refractivity contribution >= 4 is 39.1 Å². The van der Waals surface area contributed by atoms with Crippen LogP contribution in [-0.4, -0.2) is 13.1 Å². The molecule has 1 heterocycles. The van der Waals surface area contributed by atoms with E-state index in [1.807, 2.05) is 12.1 Å². The first-order chi connectivity index (χ1) is 9.59. The van der Waals surface area contributed by atoms with E-state index in [9.17, 15) is 0 Å². The molecule has 2 aromatic rings. The van der Waals surface area contributed by atoms with Gasteiger partial charge in [-0.1, -0.05) is 57.3 Å². The predicted molar refractivity (Wildman–Crippen MR) is 88.9 cm³/mol. The maximum Gasteiger partial charge on any atom is 0.0595 e. The summed E-state index contributed by atoms with van der Waals surface area (Å²) >= 11 is 15.6. The van der Waals surface area contributed by atoms with Gasteiger partial charge in [0.25, 0.3) is 0 Å². The van der Waals surface area contributed by atoms with E-state index in [1.54, 1.807) is 0 Å². The van der Waals surface area contributed by atoms with Gasteiger partial charge in [-0.3, -0.25) is 0 Å². The van der Waals surface area contributed by atoms with Crippen molar-refractivity contribution < 1.29 is 0 Å². The molecule has 0 bridgehead atoms. The number of nitrogens with one attached hydrogen (secondary N) is 1. The zero-order valence-corrected chi connectivity index (χ0v) is 13.9. The molecule has 1 aliphatic rings. The lowest BCUT2D eigenvalue weighted by atomic mass is 9.71. The highest BCUT2D eigenvalue weighted by Gasteiger charge is 2.38. The number of hydrogen-bond acceptors (Lipinski definition) is 1. The van der Waals surface area contributed by atoms with Crippen LogP contribution in [0, 0.1) is 0 Å². The molecule has 2 aromatic carbocycles. The van der Waals surface area contributed by atoms with Crippen LogP contribution in [0.25, 0.3) is 0 Å². The van der Waals surface area contributed by atoms with Gasteiger partial charge in [0.2, 0.25) is 0 Å². The zero-order valence-electron chi connectivity index (χ0n) is 10.8. The first-order valence-corrected chi connectivity index (χ1v) is 8.05. The lowest BCUT2D eigenvalue weighted by molar-refractivity contribution is 0.274. The Kier molecular flexibility index (Phi) is 4.09. The quantitative estimate of drug-likeness (QED) is 0.815. The van der Waals surface area contributed by atoms with Crippen LogP contribution in [0.15, 0.2) is 46.9 Å². The number of hydrogen-bond donors (Lipinski definition) is 1. The van der Waals surface area contributed by atoms with Gasteiger partial charge in [-0.05, 0) is 41.8 Å². The van der Waals surface area contributed by atoms with Crippen molar-refractivity contribution in [3.63, 3.8) is 0 Å². The average Bonchev–Trinajstić information content (AvgIpc) is 2.39. The van der Waals surface area contributed by atoms with Gasteiger partial charge in [0, 0.05) is 23.0 Å². The van der Waals surface area contributed by atoms with Gasteiger partial charge in [-0.25, -0.2) is 0 Å². The molecule has 1 nitrogen and oxygen atoms in total. The van der Waals surface area contributed by atoms with Gasteiger partial charge >= 0.3 is 0 Å². The normalized spacial score (nSPS) is 16.8. The second-order valence-electron chi connectivity index (χ2n) is 5.32. The lowest BCUT2D eigenvalue weighted by Crippen LogP contribution is -2.58. The number of rotatable bonds is 3. The van der Waals surface area contributed by atoms with Gasteiger partial charge in [0.05, 0.1) is 10.0 Å². The fourth-order valence-electron chi connectivity index (χ4n) is 2.70. The first-order valence-electron chi connectivity index (χ1n) is 6.50. The fourth-order valence-corrected chi connectivity index (χ4v) is 3.29. The average molecular weight is 371 g/mol. The molecule has 0 aromatic heterocycles. The summed E-state index contributed by atoms with van der Waals surface area (Å²) in [6, 6.07) is 14.5. The zero-order chi connectivity index (χ0) is 14.2. The molecule has 1 aliphatic heterocycles. The molecule has 1 saturated heterocycles. The molecule has 104 valence electrons. The molecular weight excluding hydrogens is 357 g/mol. The van der Waals surface area contributed by atoms with Gasteiger partial charge in [-0.2, -0.15) is 0 Å². The van der Waals surface area contributed by atoms with E-state index in [0.717, 1.165) is 24.0 Å². The van der Waals surface area contributed by atoms with Gasteiger partial charge in [0.1, 0.15) is 0 Å². The Bertz CT molecular complexity index is 621. The topological polar surface area (TPSA) is 12.0 Å². The summed E-state index contributed by atoms with van der Waals surface area (Å²) in [5.41, 5.74) is 2.76. The molecule has 1 N–H and O–H groups in total. The first kappa shape index (κ1) is 14.4. The predicted octanol–water partition coefficient (Wildman–Crippen LogP) is 4.84. The molecule has 20 heavy (non-hydrogen) atoms. The van der Waals surface area contributed by atoms with E-state index < -0.39 is 0 Å². The molecule has 0 amide bonds. The Labute approximate surface area is 137 Å². The third kappa shape index (κ3) is 2.75. The Balaban J connectivity index is 1.89. The minimum atomic E-state index is 0.165. The number of benzene rings is 2. The van der Waals surface area contributed by atoms with E-state index in [1.165, 1.54) is 11.1 Å². The van der Waals surface area contributed by atoms with Crippen LogP contribution < -0.4 is 5.32 Å². The maximum absolute atomic E-state index is 6.12. The second-order valence-corrected chi connectivity index (χ2v) is 7.05. The minimum absolute atomic E-state index is 0.165. The summed E-state index contributed by atoms with van der Waals surface area (Å²) in [5.74, 6) is 0. The third-order valence-corrected chi connectivity index (χ3v) is 5.18. The van der Waals surface area contributed by atoms with Crippen LogP contribution in [0.5, 0.6) is 0 Å². The molecule has 1 fully saturated rings. The van der Waals surface area contributed by atoms with Crippen molar-refractivity contribution in [2.75, 3.05) is 13.1 Å². The van der Waals surface area contributed by atoms with Gasteiger partial charge < -0.3 is 5.32 Å². The lowest BCUT2D eigenvalue weighted by Gasteiger charge is -2.43. The molecule has 0 radical (unpaired) electrons. The van der Waals surface area contributed by atoms with Crippen molar-refractivity contribution in [2.45, 2.75) is 11.8 Å². The summed E-state index contributed by atoms with van der Waals surface area (Å²) in [5, 5.41) is 4.63. The van der Waals surface area contributed by atoms with Crippen LogP contribution in [0.3, 0.4) is 0 Å².